The van der Waals surface area contributed by atoms with Gasteiger partial charge in [0.05, 0.1) is 28.7 Å². The number of fused-ring (bicyclic) bond motifs is 1. The molecule has 0 spiro atoms. The maximum Gasteiger partial charge on any atom is 0.256 e. The van der Waals surface area contributed by atoms with Crippen LogP contribution in [0.5, 0.6) is 0 Å². The lowest BCUT2D eigenvalue weighted by Crippen LogP contribution is -2.27. The zero-order valence-corrected chi connectivity index (χ0v) is 15.6. The Morgan fingerprint density at radius 1 is 1.11 bits per heavy atom. The molecular weight excluding hydrogens is 338 g/mol. The summed E-state index contributed by atoms with van der Waals surface area (Å²) in [6.45, 7) is 4.51. The van der Waals surface area contributed by atoms with Gasteiger partial charge in [-0.05, 0) is 32.0 Å². The van der Waals surface area contributed by atoms with Gasteiger partial charge in [-0.15, -0.1) is 0 Å². The molecule has 0 saturated heterocycles. The van der Waals surface area contributed by atoms with E-state index in [-0.39, 0.29) is 5.91 Å². The van der Waals surface area contributed by atoms with E-state index in [2.05, 4.69) is 15.3 Å². The standard InChI is InChI=1S/C21H21N5O/c1-14-19(15(2)26(24-14)17-9-5-4-6-10-17)13-25(3)21(27)18-11-7-8-16-12-22-23-20(16)18/h4-12H,13H2,1-3H3,(H,22,23). The predicted molar refractivity (Wildman–Crippen MR) is 105 cm³/mol. The van der Waals surface area contributed by atoms with E-state index in [1.807, 2.05) is 74.1 Å². The summed E-state index contributed by atoms with van der Waals surface area (Å²) in [5.41, 5.74) is 5.43. The number of nitrogens with zero attached hydrogens (tertiary/aromatic N) is 4. The fourth-order valence-corrected chi connectivity index (χ4v) is 3.39. The van der Waals surface area contributed by atoms with Crippen LogP contribution in [0.3, 0.4) is 0 Å². The summed E-state index contributed by atoms with van der Waals surface area (Å²) in [4.78, 5) is 14.7. The molecule has 0 radical (unpaired) electrons. The Bertz CT molecular complexity index is 1110. The van der Waals surface area contributed by atoms with Gasteiger partial charge in [0.25, 0.3) is 5.91 Å². The van der Waals surface area contributed by atoms with Crippen LogP contribution in [-0.4, -0.2) is 37.8 Å². The minimum Gasteiger partial charge on any atom is -0.337 e. The molecule has 1 amide bonds. The van der Waals surface area contributed by atoms with E-state index < -0.39 is 0 Å². The van der Waals surface area contributed by atoms with E-state index in [9.17, 15) is 4.79 Å². The molecule has 2 aromatic heterocycles. The van der Waals surface area contributed by atoms with Crippen molar-refractivity contribution in [3.63, 3.8) is 0 Å². The molecule has 0 unspecified atom stereocenters. The fraction of sp³-hybridized carbons (Fsp3) is 0.190. The maximum absolute atomic E-state index is 13.0. The Morgan fingerprint density at radius 3 is 2.67 bits per heavy atom. The molecule has 0 aliphatic rings. The minimum atomic E-state index is -0.0453. The summed E-state index contributed by atoms with van der Waals surface area (Å²) in [6, 6.07) is 15.7. The minimum absolute atomic E-state index is 0.0453. The van der Waals surface area contributed by atoms with Gasteiger partial charge in [-0.3, -0.25) is 9.89 Å². The monoisotopic (exact) mass is 359 g/mol. The van der Waals surface area contributed by atoms with Crippen molar-refractivity contribution >= 4 is 16.8 Å². The molecule has 0 fully saturated rings. The highest BCUT2D eigenvalue weighted by atomic mass is 16.2. The lowest BCUT2D eigenvalue weighted by molar-refractivity contribution is 0.0786. The summed E-state index contributed by atoms with van der Waals surface area (Å²) in [6.07, 6.45) is 1.73. The number of nitrogens with one attached hydrogen (secondary N) is 1. The lowest BCUT2D eigenvalue weighted by Gasteiger charge is -2.18. The molecule has 0 bridgehead atoms. The average Bonchev–Trinajstić information content (AvgIpc) is 3.28. The molecule has 0 atom stereocenters. The number of aryl methyl sites for hydroxylation is 1. The Kier molecular flexibility index (Phi) is 4.24. The summed E-state index contributed by atoms with van der Waals surface area (Å²) >= 11 is 0. The first-order chi connectivity index (χ1) is 13.1. The Hall–Kier alpha value is -3.41. The van der Waals surface area contributed by atoms with Gasteiger partial charge in [-0.1, -0.05) is 30.3 Å². The van der Waals surface area contributed by atoms with Crippen LogP contribution in [0.25, 0.3) is 16.6 Å². The lowest BCUT2D eigenvalue weighted by atomic mass is 10.1. The van der Waals surface area contributed by atoms with Crippen molar-refractivity contribution in [2.75, 3.05) is 7.05 Å². The number of aromatic nitrogens is 4. The highest BCUT2D eigenvalue weighted by Gasteiger charge is 2.20. The van der Waals surface area contributed by atoms with Crippen LogP contribution in [0.1, 0.15) is 27.3 Å². The number of carbonyl (C=O) groups excluding carboxylic acids is 1. The SMILES string of the molecule is Cc1nn(-c2ccccc2)c(C)c1CN(C)C(=O)c1cccc2cn[nH]c12. The third-order valence-corrected chi connectivity index (χ3v) is 4.89. The zero-order valence-electron chi connectivity index (χ0n) is 15.6. The van der Waals surface area contributed by atoms with Gasteiger partial charge in [-0.2, -0.15) is 10.2 Å². The van der Waals surface area contributed by atoms with E-state index in [1.54, 1.807) is 11.1 Å². The number of hydrogen-bond donors (Lipinski definition) is 1. The molecule has 4 aromatic rings. The van der Waals surface area contributed by atoms with Crippen molar-refractivity contribution in [1.29, 1.82) is 0 Å². The third-order valence-electron chi connectivity index (χ3n) is 4.89. The van der Waals surface area contributed by atoms with Crippen LogP contribution in [0.2, 0.25) is 0 Å². The highest BCUT2D eigenvalue weighted by Crippen LogP contribution is 2.22. The Morgan fingerprint density at radius 2 is 1.89 bits per heavy atom. The largest absolute Gasteiger partial charge is 0.337 e. The highest BCUT2D eigenvalue weighted by molar-refractivity contribution is 6.05. The Balaban J connectivity index is 1.63. The van der Waals surface area contributed by atoms with E-state index in [4.69, 9.17) is 0 Å². The van der Waals surface area contributed by atoms with Crippen molar-refractivity contribution in [3.05, 3.63) is 77.2 Å². The molecule has 1 N–H and O–H groups in total. The molecule has 0 saturated carbocycles. The molecule has 0 aliphatic heterocycles. The van der Waals surface area contributed by atoms with Crippen molar-refractivity contribution in [1.82, 2.24) is 24.9 Å². The number of H-pyrrole nitrogens is 1. The molecule has 2 aromatic carbocycles. The number of carbonyl (C=O) groups is 1. The van der Waals surface area contributed by atoms with Crippen LogP contribution >= 0.6 is 0 Å². The number of hydrogen-bond acceptors (Lipinski definition) is 3. The molecule has 136 valence electrons. The van der Waals surface area contributed by atoms with Gasteiger partial charge in [0, 0.05) is 30.2 Å². The van der Waals surface area contributed by atoms with Gasteiger partial charge in [0.2, 0.25) is 0 Å². The molecule has 6 nitrogen and oxygen atoms in total. The van der Waals surface area contributed by atoms with Crippen LogP contribution in [0.15, 0.2) is 54.7 Å². The van der Waals surface area contributed by atoms with E-state index in [1.165, 1.54) is 0 Å². The van der Waals surface area contributed by atoms with E-state index in [0.717, 1.165) is 33.5 Å². The van der Waals surface area contributed by atoms with Crippen LogP contribution in [0.4, 0.5) is 0 Å². The smallest absolute Gasteiger partial charge is 0.256 e. The summed E-state index contributed by atoms with van der Waals surface area (Å²) in [7, 11) is 1.82. The summed E-state index contributed by atoms with van der Waals surface area (Å²) < 4.78 is 1.93. The van der Waals surface area contributed by atoms with Gasteiger partial charge in [0.1, 0.15) is 0 Å². The van der Waals surface area contributed by atoms with Crippen molar-refractivity contribution in [3.8, 4) is 5.69 Å². The zero-order chi connectivity index (χ0) is 19.0. The van der Waals surface area contributed by atoms with Crippen molar-refractivity contribution in [2.24, 2.45) is 0 Å². The van der Waals surface area contributed by atoms with Gasteiger partial charge >= 0.3 is 0 Å². The number of para-hydroxylation sites is 2. The topological polar surface area (TPSA) is 66.8 Å². The van der Waals surface area contributed by atoms with Gasteiger partial charge < -0.3 is 4.90 Å². The van der Waals surface area contributed by atoms with Crippen LogP contribution < -0.4 is 0 Å². The van der Waals surface area contributed by atoms with Crippen LogP contribution in [-0.2, 0) is 6.54 Å². The maximum atomic E-state index is 13.0. The second-order valence-corrected chi connectivity index (χ2v) is 6.70. The second kappa shape index (κ2) is 6.72. The van der Waals surface area contributed by atoms with E-state index >= 15 is 0 Å². The summed E-state index contributed by atoms with van der Waals surface area (Å²) in [5, 5.41) is 12.6. The van der Waals surface area contributed by atoms with E-state index in [0.29, 0.717) is 12.1 Å². The molecule has 27 heavy (non-hydrogen) atoms. The van der Waals surface area contributed by atoms with Gasteiger partial charge in [-0.25, -0.2) is 4.68 Å². The first-order valence-corrected chi connectivity index (χ1v) is 8.84. The second-order valence-electron chi connectivity index (χ2n) is 6.70. The molecule has 2 heterocycles. The van der Waals surface area contributed by atoms with Crippen molar-refractivity contribution < 1.29 is 4.79 Å². The molecular formula is C21H21N5O. The van der Waals surface area contributed by atoms with Gasteiger partial charge in [0.15, 0.2) is 0 Å². The normalized spacial score (nSPS) is 11.1. The number of rotatable bonds is 4. The van der Waals surface area contributed by atoms with Crippen molar-refractivity contribution in [2.45, 2.75) is 20.4 Å². The fourth-order valence-electron chi connectivity index (χ4n) is 3.39. The average molecular weight is 359 g/mol. The first kappa shape index (κ1) is 17.0. The quantitative estimate of drug-likeness (QED) is 0.605. The predicted octanol–water partition coefficient (Wildman–Crippen LogP) is 3.64. The molecule has 6 heteroatoms. The summed E-state index contributed by atoms with van der Waals surface area (Å²) in [5.74, 6) is -0.0453. The number of benzene rings is 2. The number of aromatic amines is 1. The molecule has 4 rings (SSSR count). The van der Waals surface area contributed by atoms with Crippen LogP contribution in [0, 0.1) is 13.8 Å². The number of amides is 1. The first-order valence-electron chi connectivity index (χ1n) is 8.84. The Labute approximate surface area is 157 Å². The third kappa shape index (κ3) is 2.99. The molecule has 0 aliphatic carbocycles.